The molecule has 0 spiro atoms. The van der Waals surface area contributed by atoms with Crippen LogP contribution in [0.15, 0.2) is 17.5 Å². The maximum absolute atomic E-state index is 12.2. The van der Waals surface area contributed by atoms with E-state index in [1.54, 1.807) is 11.3 Å². The summed E-state index contributed by atoms with van der Waals surface area (Å²) in [5.74, 6) is -0.0951. The molecule has 7 heteroatoms. The second kappa shape index (κ2) is 6.06. The summed E-state index contributed by atoms with van der Waals surface area (Å²) in [5, 5.41) is 4.97. The molecule has 1 atom stereocenters. The number of amides is 1. The van der Waals surface area contributed by atoms with Crippen LogP contribution in [0.4, 0.5) is 0 Å². The third-order valence-corrected chi connectivity index (χ3v) is 6.36. The molecule has 1 saturated heterocycles. The van der Waals surface area contributed by atoms with E-state index in [2.05, 4.69) is 26.1 Å². The highest BCUT2D eigenvalue weighted by molar-refractivity contribution is 7.89. The van der Waals surface area contributed by atoms with E-state index in [0.29, 0.717) is 13.0 Å². The molecule has 1 aliphatic rings. The first kappa shape index (κ1) is 16.5. The fraction of sp³-hybridized carbons (Fsp3) is 0.643. The molecular formula is C14H22N2O3S2. The van der Waals surface area contributed by atoms with Crippen molar-refractivity contribution in [3.8, 4) is 0 Å². The van der Waals surface area contributed by atoms with Crippen molar-refractivity contribution in [1.82, 2.24) is 9.62 Å². The van der Waals surface area contributed by atoms with E-state index in [4.69, 9.17) is 0 Å². The highest BCUT2D eigenvalue weighted by Gasteiger charge is 2.33. The van der Waals surface area contributed by atoms with E-state index >= 15 is 0 Å². The number of rotatable bonds is 4. The van der Waals surface area contributed by atoms with Crippen molar-refractivity contribution in [2.24, 2.45) is 5.41 Å². The third kappa shape index (κ3) is 4.05. The summed E-state index contributed by atoms with van der Waals surface area (Å²) in [7, 11) is -3.23. The van der Waals surface area contributed by atoms with Crippen LogP contribution in [0.3, 0.4) is 0 Å². The standard InChI is InChI=1S/C14H22N2O3S2/c1-14(2,3)13(11-6-4-8-20-11)15-12(17)10-16-7-5-9-21(16,18)19/h4,6,8,13H,5,7,9-10H2,1-3H3,(H,15,17). The average Bonchev–Trinajstić information content (AvgIpc) is 2.95. The molecule has 0 aromatic carbocycles. The van der Waals surface area contributed by atoms with Gasteiger partial charge < -0.3 is 5.32 Å². The Kier molecular flexibility index (Phi) is 4.75. The molecule has 0 saturated carbocycles. The molecule has 1 fully saturated rings. The number of thiophene rings is 1. The average molecular weight is 330 g/mol. The van der Waals surface area contributed by atoms with E-state index in [0.717, 1.165) is 4.88 Å². The summed E-state index contributed by atoms with van der Waals surface area (Å²) < 4.78 is 24.8. The highest BCUT2D eigenvalue weighted by atomic mass is 32.2. The van der Waals surface area contributed by atoms with Gasteiger partial charge in [0, 0.05) is 11.4 Å². The first-order valence-corrected chi connectivity index (χ1v) is 9.49. The van der Waals surface area contributed by atoms with Crippen LogP contribution in [0.25, 0.3) is 0 Å². The third-order valence-electron chi connectivity index (χ3n) is 3.52. The van der Waals surface area contributed by atoms with Gasteiger partial charge in [-0.2, -0.15) is 4.31 Å². The Morgan fingerprint density at radius 3 is 2.67 bits per heavy atom. The summed E-state index contributed by atoms with van der Waals surface area (Å²) in [6.07, 6.45) is 0.600. The van der Waals surface area contributed by atoms with Gasteiger partial charge >= 0.3 is 0 Å². The van der Waals surface area contributed by atoms with Crippen LogP contribution in [0.2, 0.25) is 0 Å². The van der Waals surface area contributed by atoms with E-state index < -0.39 is 10.0 Å². The predicted molar refractivity (Wildman–Crippen MR) is 84.6 cm³/mol. The molecule has 0 aliphatic carbocycles. The molecule has 1 aromatic heterocycles. The van der Waals surface area contributed by atoms with Gasteiger partial charge in [-0.1, -0.05) is 26.8 Å². The highest BCUT2D eigenvalue weighted by Crippen LogP contribution is 2.35. The fourth-order valence-electron chi connectivity index (χ4n) is 2.41. The number of hydrogen-bond donors (Lipinski definition) is 1. The zero-order valence-electron chi connectivity index (χ0n) is 12.6. The van der Waals surface area contributed by atoms with Gasteiger partial charge in [-0.15, -0.1) is 11.3 Å². The Morgan fingerprint density at radius 1 is 1.48 bits per heavy atom. The molecule has 1 unspecified atom stereocenters. The smallest absolute Gasteiger partial charge is 0.235 e. The van der Waals surface area contributed by atoms with Crippen molar-refractivity contribution >= 4 is 27.3 Å². The minimum absolute atomic E-state index is 0.0830. The molecule has 21 heavy (non-hydrogen) atoms. The lowest BCUT2D eigenvalue weighted by atomic mass is 9.85. The van der Waals surface area contributed by atoms with Crippen molar-refractivity contribution in [1.29, 1.82) is 0 Å². The summed E-state index contributed by atoms with van der Waals surface area (Å²) in [4.78, 5) is 13.3. The van der Waals surface area contributed by atoms with E-state index in [9.17, 15) is 13.2 Å². The Balaban J connectivity index is 2.06. The van der Waals surface area contributed by atoms with Gasteiger partial charge in [0.05, 0.1) is 18.3 Å². The van der Waals surface area contributed by atoms with E-state index in [1.807, 2.05) is 17.5 Å². The lowest BCUT2D eigenvalue weighted by Crippen LogP contribution is -2.42. The molecule has 1 aliphatic heterocycles. The number of nitrogens with zero attached hydrogens (tertiary/aromatic N) is 1. The lowest BCUT2D eigenvalue weighted by molar-refractivity contribution is -0.122. The normalized spacial score (nSPS) is 20.3. The van der Waals surface area contributed by atoms with Crippen LogP contribution in [-0.2, 0) is 14.8 Å². The molecule has 0 radical (unpaired) electrons. The van der Waals surface area contributed by atoms with Crippen molar-refractivity contribution < 1.29 is 13.2 Å². The van der Waals surface area contributed by atoms with E-state index in [1.165, 1.54) is 4.31 Å². The van der Waals surface area contributed by atoms with Crippen LogP contribution in [0.1, 0.15) is 38.1 Å². The number of carbonyl (C=O) groups excluding carboxylic acids is 1. The Bertz CT molecular complexity index is 588. The first-order valence-electron chi connectivity index (χ1n) is 7.01. The topological polar surface area (TPSA) is 66.5 Å². The van der Waals surface area contributed by atoms with Gasteiger partial charge in [0.25, 0.3) is 0 Å². The number of nitrogens with one attached hydrogen (secondary N) is 1. The van der Waals surface area contributed by atoms with Crippen molar-refractivity contribution in [2.75, 3.05) is 18.8 Å². The van der Waals surface area contributed by atoms with E-state index in [-0.39, 0.29) is 29.7 Å². The quantitative estimate of drug-likeness (QED) is 0.918. The molecule has 1 amide bonds. The molecule has 0 bridgehead atoms. The predicted octanol–water partition coefficient (Wildman–Crippen LogP) is 1.99. The number of hydrogen-bond acceptors (Lipinski definition) is 4. The number of sulfonamides is 1. The van der Waals surface area contributed by atoms with Crippen LogP contribution in [-0.4, -0.2) is 37.5 Å². The number of carbonyl (C=O) groups is 1. The van der Waals surface area contributed by atoms with Gasteiger partial charge in [-0.3, -0.25) is 4.79 Å². The van der Waals surface area contributed by atoms with Gasteiger partial charge in [0.2, 0.25) is 15.9 Å². The first-order chi connectivity index (χ1) is 9.70. The Morgan fingerprint density at radius 2 is 2.19 bits per heavy atom. The molecular weight excluding hydrogens is 308 g/mol. The largest absolute Gasteiger partial charge is 0.347 e. The van der Waals surface area contributed by atoms with Crippen LogP contribution in [0.5, 0.6) is 0 Å². The minimum atomic E-state index is -3.23. The second-order valence-electron chi connectivity index (χ2n) is 6.39. The fourth-order valence-corrected chi connectivity index (χ4v) is 4.90. The minimum Gasteiger partial charge on any atom is -0.347 e. The summed E-state index contributed by atoms with van der Waals surface area (Å²) in [6.45, 7) is 6.54. The van der Waals surface area contributed by atoms with Gasteiger partial charge in [0.15, 0.2) is 0 Å². The van der Waals surface area contributed by atoms with Gasteiger partial charge in [-0.05, 0) is 23.3 Å². The molecule has 2 heterocycles. The van der Waals surface area contributed by atoms with Crippen molar-refractivity contribution in [3.05, 3.63) is 22.4 Å². The molecule has 118 valence electrons. The monoisotopic (exact) mass is 330 g/mol. The Labute approximate surface area is 130 Å². The summed E-state index contributed by atoms with van der Waals surface area (Å²) in [5.41, 5.74) is -0.135. The zero-order chi connectivity index (χ0) is 15.7. The molecule has 1 N–H and O–H groups in total. The maximum atomic E-state index is 12.2. The van der Waals surface area contributed by atoms with Gasteiger partial charge in [-0.25, -0.2) is 8.42 Å². The lowest BCUT2D eigenvalue weighted by Gasteiger charge is -2.31. The van der Waals surface area contributed by atoms with Crippen molar-refractivity contribution in [2.45, 2.75) is 33.2 Å². The second-order valence-corrected chi connectivity index (χ2v) is 9.45. The molecule has 1 aromatic rings. The SMILES string of the molecule is CC(C)(C)C(NC(=O)CN1CCCS1(=O)=O)c1cccs1. The summed E-state index contributed by atoms with van der Waals surface area (Å²) >= 11 is 1.60. The van der Waals surface area contributed by atoms with Crippen LogP contribution in [0, 0.1) is 5.41 Å². The zero-order valence-corrected chi connectivity index (χ0v) is 14.3. The summed E-state index contributed by atoms with van der Waals surface area (Å²) in [6, 6.07) is 3.83. The van der Waals surface area contributed by atoms with Crippen LogP contribution >= 0.6 is 11.3 Å². The van der Waals surface area contributed by atoms with Gasteiger partial charge in [0.1, 0.15) is 0 Å². The van der Waals surface area contributed by atoms with Crippen LogP contribution < -0.4 is 5.32 Å². The molecule has 5 nitrogen and oxygen atoms in total. The Hall–Kier alpha value is -0.920. The molecule has 2 rings (SSSR count). The van der Waals surface area contributed by atoms with Crippen molar-refractivity contribution in [3.63, 3.8) is 0 Å². The maximum Gasteiger partial charge on any atom is 0.235 e.